The Kier molecular flexibility index (Phi) is 4.12. The molecule has 0 aliphatic rings. The predicted molar refractivity (Wildman–Crippen MR) is 93.3 cm³/mol. The van der Waals surface area contributed by atoms with Gasteiger partial charge in [-0.15, -0.1) is 0 Å². The van der Waals surface area contributed by atoms with Crippen molar-refractivity contribution in [3.05, 3.63) is 64.2 Å². The van der Waals surface area contributed by atoms with Crippen LogP contribution >= 0.6 is 0 Å². The van der Waals surface area contributed by atoms with Crippen LogP contribution in [0.1, 0.15) is 36.1 Å². The van der Waals surface area contributed by atoms with Crippen LogP contribution in [-0.4, -0.2) is 20.7 Å². The lowest BCUT2D eigenvalue weighted by molar-refractivity contribution is 0.102. The zero-order chi connectivity index (χ0) is 17.3. The van der Waals surface area contributed by atoms with E-state index in [0.717, 1.165) is 5.69 Å². The van der Waals surface area contributed by atoms with Gasteiger partial charge < -0.3 is 5.32 Å². The second kappa shape index (κ2) is 6.23. The molecule has 0 radical (unpaired) electrons. The molecule has 1 aromatic carbocycles. The number of anilines is 1. The van der Waals surface area contributed by atoms with Gasteiger partial charge in [-0.05, 0) is 39.0 Å². The summed E-state index contributed by atoms with van der Waals surface area (Å²) in [5.74, 6) is 0.0619. The zero-order valence-corrected chi connectivity index (χ0v) is 13.8. The minimum Gasteiger partial charge on any atom is -0.305 e. The first-order valence-electron chi connectivity index (χ1n) is 7.74. The summed E-state index contributed by atoms with van der Waals surface area (Å²) in [4.78, 5) is 29.5. The number of aryl methyl sites for hydroxylation is 1. The lowest BCUT2D eigenvalue weighted by Crippen LogP contribution is -2.29. The van der Waals surface area contributed by atoms with Crippen molar-refractivity contribution < 1.29 is 4.79 Å². The number of carbonyl (C=O) groups is 1. The SMILES string of the molecule is Cc1cccc(NC(=O)c2nn(C(C)C)c(=O)c3ccccc23)n1. The molecule has 1 amide bonds. The molecular weight excluding hydrogens is 304 g/mol. The van der Waals surface area contributed by atoms with Crippen molar-refractivity contribution in [2.24, 2.45) is 0 Å². The number of hydrogen-bond donors (Lipinski definition) is 1. The molecule has 0 atom stereocenters. The van der Waals surface area contributed by atoms with Crippen LogP contribution in [0.3, 0.4) is 0 Å². The van der Waals surface area contributed by atoms with Gasteiger partial charge >= 0.3 is 0 Å². The Balaban J connectivity index is 2.13. The number of aromatic nitrogens is 3. The van der Waals surface area contributed by atoms with Crippen molar-refractivity contribution >= 4 is 22.5 Å². The highest BCUT2D eigenvalue weighted by molar-refractivity contribution is 6.10. The van der Waals surface area contributed by atoms with Crippen molar-refractivity contribution in [3.8, 4) is 0 Å². The Morgan fingerprint density at radius 2 is 1.79 bits per heavy atom. The van der Waals surface area contributed by atoms with E-state index in [1.54, 1.807) is 30.3 Å². The van der Waals surface area contributed by atoms with Crippen molar-refractivity contribution in [3.63, 3.8) is 0 Å². The molecule has 0 fully saturated rings. The van der Waals surface area contributed by atoms with Crippen LogP contribution in [0.4, 0.5) is 5.82 Å². The van der Waals surface area contributed by atoms with Crippen LogP contribution in [-0.2, 0) is 0 Å². The normalized spacial score (nSPS) is 11.0. The van der Waals surface area contributed by atoms with Gasteiger partial charge in [-0.25, -0.2) is 9.67 Å². The largest absolute Gasteiger partial charge is 0.305 e. The van der Waals surface area contributed by atoms with Crippen molar-refractivity contribution in [1.82, 2.24) is 14.8 Å². The Bertz CT molecular complexity index is 976. The molecule has 3 rings (SSSR count). The summed E-state index contributed by atoms with van der Waals surface area (Å²) >= 11 is 0. The van der Waals surface area contributed by atoms with E-state index in [1.807, 2.05) is 32.9 Å². The average Bonchev–Trinajstić information content (AvgIpc) is 2.55. The number of fused-ring (bicyclic) bond motifs is 1. The van der Waals surface area contributed by atoms with Crippen molar-refractivity contribution in [2.75, 3.05) is 5.32 Å². The maximum absolute atomic E-state index is 12.7. The van der Waals surface area contributed by atoms with E-state index in [-0.39, 0.29) is 17.3 Å². The van der Waals surface area contributed by atoms with Gasteiger partial charge in [0.05, 0.1) is 11.4 Å². The third kappa shape index (κ3) is 2.90. The number of nitrogens with zero attached hydrogens (tertiary/aromatic N) is 3. The highest BCUT2D eigenvalue weighted by Crippen LogP contribution is 2.16. The van der Waals surface area contributed by atoms with Gasteiger partial charge in [0, 0.05) is 11.1 Å². The molecule has 122 valence electrons. The average molecular weight is 322 g/mol. The van der Waals surface area contributed by atoms with E-state index in [2.05, 4.69) is 15.4 Å². The molecule has 1 N–H and O–H groups in total. The summed E-state index contributed by atoms with van der Waals surface area (Å²) in [5, 5.41) is 8.04. The topological polar surface area (TPSA) is 76.9 Å². The van der Waals surface area contributed by atoms with Crippen molar-refractivity contribution in [2.45, 2.75) is 26.8 Å². The van der Waals surface area contributed by atoms with E-state index in [1.165, 1.54) is 4.68 Å². The van der Waals surface area contributed by atoms with Gasteiger partial charge in [-0.2, -0.15) is 5.10 Å². The van der Waals surface area contributed by atoms with Crippen LogP contribution in [0.5, 0.6) is 0 Å². The second-order valence-corrected chi connectivity index (χ2v) is 5.86. The van der Waals surface area contributed by atoms with Crippen molar-refractivity contribution in [1.29, 1.82) is 0 Å². The van der Waals surface area contributed by atoms with Gasteiger partial charge in [-0.1, -0.05) is 24.3 Å². The Hall–Kier alpha value is -3.02. The smallest absolute Gasteiger partial charge is 0.277 e. The summed E-state index contributed by atoms with van der Waals surface area (Å²) < 4.78 is 1.33. The minimum absolute atomic E-state index is 0.147. The molecule has 0 unspecified atom stereocenters. The maximum atomic E-state index is 12.7. The molecule has 0 bridgehead atoms. The zero-order valence-electron chi connectivity index (χ0n) is 13.8. The number of pyridine rings is 1. The third-order valence-corrected chi connectivity index (χ3v) is 3.66. The number of carbonyl (C=O) groups excluding carboxylic acids is 1. The molecule has 0 saturated carbocycles. The fourth-order valence-corrected chi connectivity index (χ4v) is 2.51. The van der Waals surface area contributed by atoms with Crippen LogP contribution in [0, 0.1) is 6.92 Å². The summed E-state index contributed by atoms with van der Waals surface area (Å²) in [6.07, 6.45) is 0. The summed E-state index contributed by atoms with van der Waals surface area (Å²) in [5.41, 5.74) is 0.811. The first kappa shape index (κ1) is 15.9. The standard InChI is InChI=1S/C18H18N4O2/c1-11(2)22-18(24)14-9-5-4-8-13(14)16(21-22)17(23)20-15-10-6-7-12(3)19-15/h4-11H,1-3H3,(H,19,20,23). The molecule has 3 aromatic rings. The second-order valence-electron chi connectivity index (χ2n) is 5.86. The third-order valence-electron chi connectivity index (χ3n) is 3.66. The molecule has 0 aliphatic carbocycles. The fraction of sp³-hybridized carbons (Fsp3) is 0.222. The highest BCUT2D eigenvalue weighted by Gasteiger charge is 2.18. The van der Waals surface area contributed by atoms with E-state index in [9.17, 15) is 9.59 Å². The molecular formula is C18H18N4O2. The number of rotatable bonds is 3. The Morgan fingerprint density at radius 1 is 1.08 bits per heavy atom. The summed E-state index contributed by atoms with van der Waals surface area (Å²) in [6.45, 7) is 5.56. The molecule has 6 nitrogen and oxygen atoms in total. The van der Waals surface area contributed by atoms with Gasteiger partial charge in [0.1, 0.15) is 5.82 Å². The van der Waals surface area contributed by atoms with E-state index >= 15 is 0 Å². The summed E-state index contributed by atoms with van der Waals surface area (Å²) in [7, 11) is 0. The molecule has 24 heavy (non-hydrogen) atoms. The quantitative estimate of drug-likeness (QED) is 0.804. The maximum Gasteiger partial charge on any atom is 0.277 e. The molecule has 2 heterocycles. The van der Waals surface area contributed by atoms with Gasteiger partial charge in [-0.3, -0.25) is 9.59 Å². The Labute approximate surface area is 139 Å². The Morgan fingerprint density at radius 3 is 2.46 bits per heavy atom. The van der Waals surface area contributed by atoms with Crippen LogP contribution in [0.25, 0.3) is 10.8 Å². The number of nitrogens with one attached hydrogen (secondary N) is 1. The van der Waals surface area contributed by atoms with Crippen LogP contribution in [0.15, 0.2) is 47.3 Å². The first-order chi connectivity index (χ1) is 11.5. The number of amides is 1. The van der Waals surface area contributed by atoms with Gasteiger partial charge in [0.15, 0.2) is 5.69 Å². The van der Waals surface area contributed by atoms with Crippen LogP contribution in [0.2, 0.25) is 0 Å². The fourth-order valence-electron chi connectivity index (χ4n) is 2.51. The van der Waals surface area contributed by atoms with Gasteiger partial charge in [0.2, 0.25) is 0 Å². The molecule has 0 spiro atoms. The lowest BCUT2D eigenvalue weighted by Gasteiger charge is -2.13. The minimum atomic E-state index is -0.390. The number of benzene rings is 1. The van der Waals surface area contributed by atoms with E-state index in [0.29, 0.717) is 16.6 Å². The first-order valence-corrected chi connectivity index (χ1v) is 7.74. The molecule has 0 saturated heterocycles. The van der Waals surface area contributed by atoms with E-state index < -0.39 is 5.91 Å². The van der Waals surface area contributed by atoms with Gasteiger partial charge in [0.25, 0.3) is 11.5 Å². The molecule has 6 heteroatoms. The predicted octanol–water partition coefficient (Wildman–Crippen LogP) is 2.93. The lowest BCUT2D eigenvalue weighted by atomic mass is 10.1. The molecule has 0 aliphatic heterocycles. The summed E-state index contributed by atoms with van der Waals surface area (Å²) in [6, 6.07) is 12.2. The number of hydrogen-bond acceptors (Lipinski definition) is 4. The monoisotopic (exact) mass is 322 g/mol. The van der Waals surface area contributed by atoms with E-state index in [4.69, 9.17) is 0 Å². The highest BCUT2D eigenvalue weighted by atomic mass is 16.2. The van der Waals surface area contributed by atoms with Crippen LogP contribution < -0.4 is 10.9 Å². The molecule has 2 aromatic heterocycles.